The van der Waals surface area contributed by atoms with Crippen LogP contribution in [0, 0.1) is 6.92 Å². The molecule has 0 aliphatic rings. The van der Waals surface area contributed by atoms with E-state index in [0.29, 0.717) is 0 Å². The summed E-state index contributed by atoms with van der Waals surface area (Å²) in [5.41, 5.74) is 11.2. The Morgan fingerprint density at radius 2 is 2.12 bits per heavy atom. The van der Waals surface area contributed by atoms with E-state index < -0.39 is 0 Å². The molecule has 0 saturated carbocycles. The van der Waals surface area contributed by atoms with Crippen molar-refractivity contribution in [1.82, 2.24) is 0 Å². The second kappa shape index (κ2) is 5.29. The maximum atomic E-state index is 8.96. The molecule has 0 aliphatic carbocycles. The number of hydrogen-bond acceptors (Lipinski definition) is 3. The highest BCUT2D eigenvalue weighted by atomic mass is 32.1. The Morgan fingerprint density at radius 1 is 1.35 bits per heavy atom. The summed E-state index contributed by atoms with van der Waals surface area (Å²) in [6, 6.07) is 7.92. The second-order valence-corrected chi connectivity index (χ2v) is 4.97. The van der Waals surface area contributed by atoms with Crippen LogP contribution in [0.5, 0.6) is 0 Å². The minimum absolute atomic E-state index is 0.203. The first-order valence-corrected chi connectivity index (χ1v) is 6.51. The third-order valence-electron chi connectivity index (χ3n) is 2.89. The van der Waals surface area contributed by atoms with Crippen LogP contribution in [-0.4, -0.2) is 11.7 Å². The highest BCUT2D eigenvalue weighted by molar-refractivity contribution is 7.09. The fourth-order valence-corrected chi connectivity index (χ4v) is 2.79. The first kappa shape index (κ1) is 12.1. The van der Waals surface area contributed by atoms with Crippen LogP contribution < -0.4 is 10.3 Å². The molecule has 1 heterocycles. The summed E-state index contributed by atoms with van der Waals surface area (Å²) >= 11 is 1.69. The molecule has 0 bridgehead atoms. The molecule has 0 atom stereocenters. The zero-order chi connectivity index (χ0) is 12.3. The van der Waals surface area contributed by atoms with Crippen LogP contribution in [0.15, 0.2) is 29.8 Å². The molecule has 2 rings (SSSR count). The Bertz CT molecular complexity index is 508. The molecule has 1 aromatic heterocycles. The molecule has 3 N–H and O–H groups in total. The number of nitrogens with zero attached hydrogens (tertiary/aromatic N) is 1. The largest absolute Gasteiger partial charge is 0.398 e. The number of nitrogens with two attached hydrogens (primary N) is 1. The minimum Gasteiger partial charge on any atom is -0.398 e. The zero-order valence-corrected chi connectivity index (χ0v) is 10.7. The van der Waals surface area contributed by atoms with E-state index in [4.69, 9.17) is 10.8 Å². The Hall–Kier alpha value is -1.39. The molecule has 0 unspecified atom stereocenters. The van der Waals surface area contributed by atoms with Gasteiger partial charge in [-0.3, -0.25) is 0 Å². The quantitative estimate of drug-likeness (QED) is 0.637. The number of benzene rings is 1. The lowest BCUT2D eigenvalue weighted by Gasteiger charge is -2.01. The average Bonchev–Trinajstić information content (AvgIpc) is 2.65. The Kier molecular flexibility index (Phi) is 3.76. The number of hydrogen-bond donors (Lipinski definition) is 2. The summed E-state index contributed by atoms with van der Waals surface area (Å²) in [5, 5.41) is 8.96. The molecular weight excluding hydrogens is 232 g/mol. The average molecular weight is 249 g/mol. The molecule has 4 heteroatoms. The highest BCUT2D eigenvalue weighted by Crippen LogP contribution is 2.14. The van der Waals surface area contributed by atoms with E-state index in [9.17, 15) is 0 Å². The first-order chi connectivity index (χ1) is 8.22. The van der Waals surface area contributed by atoms with Gasteiger partial charge in [0.2, 0.25) is 5.51 Å². The third kappa shape index (κ3) is 2.65. The van der Waals surface area contributed by atoms with Gasteiger partial charge in [-0.05, 0) is 6.07 Å². The van der Waals surface area contributed by atoms with Crippen molar-refractivity contribution in [3.63, 3.8) is 0 Å². The lowest BCUT2D eigenvalue weighted by atomic mass is 10.2. The fraction of sp³-hybridized carbons (Fsp3) is 0.308. The molecule has 3 nitrogen and oxygen atoms in total. The van der Waals surface area contributed by atoms with Crippen molar-refractivity contribution >= 4 is 17.0 Å². The number of aromatic nitrogens is 1. The van der Waals surface area contributed by atoms with Gasteiger partial charge < -0.3 is 10.8 Å². The molecule has 1 aromatic carbocycles. The number of rotatable bonds is 4. The van der Waals surface area contributed by atoms with Gasteiger partial charge in [0.15, 0.2) is 12.2 Å². The van der Waals surface area contributed by atoms with Crippen molar-refractivity contribution in [3.05, 3.63) is 45.9 Å². The van der Waals surface area contributed by atoms with E-state index in [-0.39, 0.29) is 6.61 Å². The number of para-hydroxylation sites is 1. The number of thiazole rings is 1. The molecule has 0 aliphatic heterocycles. The van der Waals surface area contributed by atoms with Crippen LogP contribution >= 0.6 is 11.3 Å². The maximum absolute atomic E-state index is 8.96. The summed E-state index contributed by atoms with van der Waals surface area (Å²) in [4.78, 5) is 1.24. The molecule has 90 valence electrons. The summed E-state index contributed by atoms with van der Waals surface area (Å²) in [6.45, 7) is 3.08. The maximum Gasteiger partial charge on any atom is 0.225 e. The third-order valence-corrected chi connectivity index (χ3v) is 4.04. The Labute approximate surface area is 105 Å². The Morgan fingerprint density at radius 3 is 2.82 bits per heavy atom. The number of aliphatic hydroxyl groups excluding tert-OH is 1. The molecule has 2 aromatic rings. The molecule has 17 heavy (non-hydrogen) atoms. The topological polar surface area (TPSA) is 50.1 Å². The summed E-state index contributed by atoms with van der Waals surface area (Å²) < 4.78 is 2.18. The van der Waals surface area contributed by atoms with E-state index in [0.717, 1.165) is 24.2 Å². The van der Waals surface area contributed by atoms with Gasteiger partial charge in [0.25, 0.3) is 0 Å². The lowest BCUT2D eigenvalue weighted by Crippen LogP contribution is -2.35. The van der Waals surface area contributed by atoms with Gasteiger partial charge in [-0.2, -0.15) is 4.57 Å². The van der Waals surface area contributed by atoms with Crippen molar-refractivity contribution in [2.24, 2.45) is 0 Å². The summed E-state index contributed by atoms with van der Waals surface area (Å²) in [5.74, 6) is 0. The van der Waals surface area contributed by atoms with Gasteiger partial charge in [-0.1, -0.05) is 29.5 Å². The molecule has 0 amide bonds. The molecule has 0 saturated heterocycles. The van der Waals surface area contributed by atoms with E-state index in [1.54, 1.807) is 11.3 Å². The van der Waals surface area contributed by atoms with Crippen molar-refractivity contribution in [3.8, 4) is 0 Å². The first-order valence-electron chi connectivity index (χ1n) is 5.63. The van der Waals surface area contributed by atoms with Crippen LogP contribution in [0.4, 0.5) is 5.69 Å². The van der Waals surface area contributed by atoms with Gasteiger partial charge in [-0.25, -0.2) is 0 Å². The Balaban J connectivity index is 2.22. The molecular formula is C13H17N2OS+. The SMILES string of the molecule is Cc1c(CCO)sc[n+]1Cc1ccccc1N. The van der Waals surface area contributed by atoms with Crippen molar-refractivity contribution in [2.45, 2.75) is 19.9 Å². The number of aliphatic hydroxyl groups is 1. The lowest BCUT2D eigenvalue weighted by molar-refractivity contribution is -0.689. The second-order valence-electron chi connectivity index (χ2n) is 4.03. The smallest absolute Gasteiger partial charge is 0.225 e. The normalized spacial score (nSPS) is 10.7. The van der Waals surface area contributed by atoms with E-state index in [2.05, 4.69) is 17.0 Å². The van der Waals surface area contributed by atoms with Gasteiger partial charge in [0.05, 0.1) is 4.88 Å². The predicted molar refractivity (Wildman–Crippen MR) is 70.0 cm³/mol. The molecule has 0 fully saturated rings. The summed E-state index contributed by atoms with van der Waals surface area (Å²) in [6.07, 6.45) is 0.730. The minimum atomic E-state index is 0.203. The number of anilines is 1. The van der Waals surface area contributed by atoms with Crippen LogP contribution in [-0.2, 0) is 13.0 Å². The van der Waals surface area contributed by atoms with E-state index in [1.165, 1.54) is 10.6 Å². The van der Waals surface area contributed by atoms with Gasteiger partial charge in [0.1, 0.15) is 0 Å². The number of nitrogen functional groups attached to an aromatic ring is 1. The van der Waals surface area contributed by atoms with Crippen LogP contribution in [0.1, 0.15) is 16.1 Å². The van der Waals surface area contributed by atoms with Crippen molar-refractivity contribution in [2.75, 3.05) is 12.3 Å². The van der Waals surface area contributed by atoms with Crippen LogP contribution in [0.25, 0.3) is 0 Å². The zero-order valence-electron chi connectivity index (χ0n) is 9.89. The van der Waals surface area contributed by atoms with Crippen LogP contribution in [0.3, 0.4) is 0 Å². The summed E-state index contributed by atoms with van der Waals surface area (Å²) in [7, 11) is 0. The van der Waals surface area contributed by atoms with Gasteiger partial charge in [0, 0.05) is 31.2 Å². The standard InChI is InChI=1S/C13H17N2OS/c1-10-13(6-7-16)17-9-15(10)8-11-4-2-3-5-12(11)14/h2-5,9,16H,6-8,14H2,1H3/q+1. The van der Waals surface area contributed by atoms with Gasteiger partial charge in [-0.15, -0.1) is 0 Å². The fourth-order valence-electron chi connectivity index (χ4n) is 1.81. The van der Waals surface area contributed by atoms with Gasteiger partial charge >= 0.3 is 0 Å². The van der Waals surface area contributed by atoms with E-state index >= 15 is 0 Å². The van der Waals surface area contributed by atoms with Crippen LogP contribution in [0.2, 0.25) is 0 Å². The van der Waals surface area contributed by atoms with E-state index in [1.807, 2.05) is 24.3 Å². The molecule has 0 spiro atoms. The van der Waals surface area contributed by atoms with Crippen molar-refractivity contribution < 1.29 is 9.67 Å². The highest BCUT2D eigenvalue weighted by Gasteiger charge is 2.15. The predicted octanol–water partition coefficient (Wildman–Crippen LogP) is 1.51. The van der Waals surface area contributed by atoms with Crippen molar-refractivity contribution in [1.29, 1.82) is 0 Å². The molecule has 0 radical (unpaired) electrons. The monoisotopic (exact) mass is 249 g/mol.